The Balaban J connectivity index is 2.68. The van der Waals surface area contributed by atoms with Gasteiger partial charge in [-0.2, -0.15) is 0 Å². The first kappa shape index (κ1) is 13.7. The minimum Gasteiger partial charge on any atom is -0.423 e. The molecule has 0 saturated heterocycles. The van der Waals surface area contributed by atoms with Gasteiger partial charge in [0, 0.05) is 11.1 Å². The third-order valence-corrected chi connectivity index (χ3v) is 1.94. The molecule has 18 heavy (non-hydrogen) atoms. The predicted molar refractivity (Wildman–Crippen MR) is 67.3 cm³/mol. The quantitative estimate of drug-likeness (QED) is 0.465. The van der Waals surface area contributed by atoms with Gasteiger partial charge in [-0.1, -0.05) is 13.2 Å². The molecule has 0 aliphatic heterocycles. The number of carbonyl (C=O) groups excluding carboxylic acids is 2. The van der Waals surface area contributed by atoms with E-state index in [4.69, 9.17) is 9.47 Å². The summed E-state index contributed by atoms with van der Waals surface area (Å²) in [6.07, 6.45) is 0. The molecule has 1 aromatic rings. The second kappa shape index (κ2) is 5.82. The Labute approximate surface area is 106 Å². The van der Waals surface area contributed by atoms with Crippen LogP contribution in [0.15, 0.2) is 48.6 Å². The number of hydrogen-bond donors (Lipinski definition) is 0. The zero-order valence-corrected chi connectivity index (χ0v) is 10.4. The molecule has 0 amide bonds. The molecule has 0 heterocycles. The fourth-order valence-corrected chi connectivity index (χ4v) is 0.964. The van der Waals surface area contributed by atoms with Crippen LogP contribution in [0.1, 0.15) is 13.8 Å². The Kier molecular flexibility index (Phi) is 4.43. The lowest BCUT2D eigenvalue weighted by molar-refractivity contribution is -0.131. The van der Waals surface area contributed by atoms with Crippen molar-refractivity contribution in [1.82, 2.24) is 0 Å². The lowest BCUT2D eigenvalue weighted by atomic mass is 10.3. The van der Waals surface area contributed by atoms with Gasteiger partial charge in [0.15, 0.2) is 0 Å². The molecule has 0 bridgehead atoms. The largest absolute Gasteiger partial charge is 0.423 e. The average molecular weight is 246 g/mol. The van der Waals surface area contributed by atoms with Gasteiger partial charge in [-0.3, -0.25) is 0 Å². The number of rotatable bonds is 4. The molecule has 0 saturated carbocycles. The highest BCUT2D eigenvalue weighted by Gasteiger charge is 2.07. The van der Waals surface area contributed by atoms with Crippen molar-refractivity contribution < 1.29 is 19.1 Å². The third-order valence-electron chi connectivity index (χ3n) is 1.94. The predicted octanol–water partition coefficient (Wildman–Crippen LogP) is 2.65. The molecule has 0 fully saturated rings. The Hall–Kier alpha value is -2.36. The van der Waals surface area contributed by atoms with Crippen LogP contribution in [-0.2, 0) is 9.59 Å². The van der Waals surface area contributed by atoms with E-state index in [1.807, 2.05) is 0 Å². The van der Waals surface area contributed by atoms with Crippen molar-refractivity contribution in [2.75, 3.05) is 0 Å². The number of ether oxygens (including phenoxy) is 2. The zero-order chi connectivity index (χ0) is 13.7. The van der Waals surface area contributed by atoms with E-state index in [-0.39, 0.29) is 0 Å². The molecule has 0 radical (unpaired) electrons. The number of esters is 2. The van der Waals surface area contributed by atoms with Crippen LogP contribution in [-0.4, -0.2) is 11.9 Å². The fraction of sp³-hybridized carbons (Fsp3) is 0.143. The highest BCUT2D eigenvalue weighted by molar-refractivity contribution is 5.89. The summed E-state index contributed by atoms with van der Waals surface area (Å²) < 4.78 is 9.97. The molecule has 4 heteroatoms. The summed E-state index contributed by atoms with van der Waals surface area (Å²) in [4.78, 5) is 22.5. The van der Waals surface area contributed by atoms with Gasteiger partial charge in [-0.05, 0) is 38.1 Å². The molecule has 0 aliphatic rings. The van der Waals surface area contributed by atoms with Crippen LogP contribution in [0.3, 0.4) is 0 Å². The Morgan fingerprint density at radius 1 is 0.833 bits per heavy atom. The Morgan fingerprint density at radius 3 is 1.33 bits per heavy atom. The van der Waals surface area contributed by atoms with Crippen LogP contribution < -0.4 is 9.47 Å². The van der Waals surface area contributed by atoms with Crippen molar-refractivity contribution in [1.29, 1.82) is 0 Å². The zero-order valence-electron chi connectivity index (χ0n) is 10.4. The molecule has 1 rings (SSSR count). The first-order valence-corrected chi connectivity index (χ1v) is 5.25. The molecular weight excluding hydrogens is 232 g/mol. The summed E-state index contributed by atoms with van der Waals surface area (Å²) in [5.41, 5.74) is 0.626. The lowest BCUT2D eigenvalue weighted by Crippen LogP contribution is -2.09. The van der Waals surface area contributed by atoms with E-state index in [0.717, 1.165) is 0 Å². The fourth-order valence-electron chi connectivity index (χ4n) is 0.964. The van der Waals surface area contributed by atoms with Gasteiger partial charge in [0.05, 0.1) is 0 Å². The van der Waals surface area contributed by atoms with Gasteiger partial charge in [0.25, 0.3) is 0 Å². The van der Waals surface area contributed by atoms with E-state index in [9.17, 15) is 9.59 Å². The van der Waals surface area contributed by atoms with Gasteiger partial charge in [-0.25, -0.2) is 9.59 Å². The van der Waals surface area contributed by atoms with Crippen LogP contribution in [0.4, 0.5) is 0 Å². The number of hydrogen-bond acceptors (Lipinski definition) is 4. The van der Waals surface area contributed by atoms with Crippen molar-refractivity contribution in [3.05, 3.63) is 48.6 Å². The van der Waals surface area contributed by atoms with E-state index < -0.39 is 11.9 Å². The summed E-state index contributed by atoms with van der Waals surface area (Å²) in [6, 6.07) is 6.12. The highest BCUT2D eigenvalue weighted by atomic mass is 16.5. The summed E-state index contributed by atoms with van der Waals surface area (Å²) in [7, 11) is 0. The third kappa shape index (κ3) is 3.90. The molecule has 94 valence electrons. The van der Waals surface area contributed by atoms with Crippen molar-refractivity contribution in [3.8, 4) is 11.5 Å². The van der Waals surface area contributed by atoms with Gasteiger partial charge in [0.2, 0.25) is 0 Å². The van der Waals surface area contributed by atoms with Crippen molar-refractivity contribution in [2.24, 2.45) is 0 Å². The van der Waals surface area contributed by atoms with Gasteiger partial charge < -0.3 is 9.47 Å². The first-order chi connectivity index (χ1) is 8.40. The van der Waals surface area contributed by atoms with Crippen LogP contribution >= 0.6 is 0 Å². The molecule has 0 unspecified atom stereocenters. The van der Waals surface area contributed by atoms with Crippen molar-refractivity contribution in [2.45, 2.75) is 13.8 Å². The molecule has 0 atom stereocenters. The topological polar surface area (TPSA) is 52.6 Å². The van der Waals surface area contributed by atoms with E-state index in [1.54, 1.807) is 13.8 Å². The Bertz CT molecular complexity index is 450. The minimum absolute atomic E-state index is 0.313. The average Bonchev–Trinajstić information content (AvgIpc) is 2.31. The van der Waals surface area contributed by atoms with Crippen LogP contribution in [0.2, 0.25) is 0 Å². The van der Waals surface area contributed by atoms with Crippen LogP contribution in [0.25, 0.3) is 0 Å². The summed E-state index contributed by atoms with van der Waals surface area (Å²) in [5, 5.41) is 0. The highest BCUT2D eigenvalue weighted by Crippen LogP contribution is 2.19. The Morgan fingerprint density at radius 2 is 1.11 bits per heavy atom. The molecule has 0 N–H and O–H groups in total. The van der Waals surface area contributed by atoms with E-state index >= 15 is 0 Å². The number of benzene rings is 1. The van der Waals surface area contributed by atoms with E-state index in [0.29, 0.717) is 22.6 Å². The standard InChI is InChI=1S/C14H14O4/c1-9(2)13(15)17-11-5-7-12(8-6-11)18-14(16)10(3)4/h5-8H,1,3H2,2,4H3. The second-order valence-electron chi connectivity index (χ2n) is 3.81. The van der Waals surface area contributed by atoms with E-state index in [1.165, 1.54) is 24.3 Å². The van der Waals surface area contributed by atoms with E-state index in [2.05, 4.69) is 13.2 Å². The molecule has 0 aromatic heterocycles. The van der Waals surface area contributed by atoms with Crippen molar-refractivity contribution >= 4 is 11.9 Å². The van der Waals surface area contributed by atoms with Gasteiger partial charge >= 0.3 is 11.9 Å². The molecule has 0 aliphatic carbocycles. The smallest absolute Gasteiger partial charge is 0.338 e. The second-order valence-corrected chi connectivity index (χ2v) is 3.81. The molecule has 1 aromatic carbocycles. The van der Waals surface area contributed by atoms with Crippen LogP contribution in [0, 0.1) is 0 Å². The maximum absolute atomic E-state index is 11.2. The lowest BCUT2D eigenvalue weighted by Gasteiger charge is -2.06. The van der Waals surface area contributed by atoms with Gasteiger partial charge in [-0.15, -0.1) is 0 Å². The van der Waals surface area contributed by atoms with Crippen LogP contribution in [0.5, 0.6) is 11.5 Å². The normalized spacial score (nSPS) is 9.44. The maximum atomic E-state index is 11.2. The minimum atomic E-state index is -0.498. The summed E-state index contributed by atoms with van der Waals surface area (Å²) in [5.74, 6) is -0.278. The number of carbonyl (C=O) groups is 2. The van der Waals surface area contributed by atoms with Gasteiger partial charge in [0.1, 0.15) is 11.5 Å². The summed E-state index contributed by atoms with van der Waals surface area (Å²) in [6.45, 7) is 10.1. The molecular formula is C14H14O4. The molecule has 0 spiro atoms. The SMILES string of the molecule is C=C(C)C(=O)Oc1ccc(OC(=O)C(=C)C)cc1. The maximum Gasteiger partial charge on any atom is 0.338 e. The molecule has 4 nitrogen and oxygen atoms in total. The summed E-state index contributed by atoms with van der Waals surface area (Å²) >= 11 is 0. The van der Waals surface area contributed by atoms with Crippen molar-refractivity contribution in [3.63, 3.8) is 0 Å². The monoisotopic (exact) mass is 246 g/mol. The first-order valence-electron chi connectivity index (χ1n) is 5.25.